The summed E-state index contributed by atoms with van der Waals surface area (Å²) in [6, 6.07) is 6.28. The van der Waals surface area contributed by atoms with Gasteiger partial charge in [-0.15, -0.1) is 0 Å². The Bertz CT molecular complexity index is 689. The van der Waals surface area contributed by atoms with Gasteiger partial charge < -0.3 is 20.7 Å². The second kappa shape index (κ2) is 6.44. The summed E-state index contributed by atoms with van der Waals surface area (Å²) in [5.74, 6) is 0.245. The van der Waals surface area contributed by atoms with E-state index in [0.717, 1.165) is 11.3 Å². The van der Waals surface area contributed by atoms with E-state index in [9.17, 15) is 14.4 Å². The predicted molar refractivity (Wildman–Crippen MR) is 83.2 cm³/mol. The predicted octanol–water partition coefficient (Wildman–Crippen LogP) is -0.864. The molecule has 2 saturated heterocycles. The van der Waals surface area contributed by atoms with Crippen molar-refractivity contribution in [3.8, 4) is 5.75 Å². The molecule has 1 aromatic carbocycles. The zero-order chi connectivity index (χ0) is 17.1. The van der Waals surface area contributed by atoms with Crippen LogP contribution in [0.5, 0.6) is 5.75 Å². The molecule has 2 aliphatic rings. The molecule has 0 radical (unpaired) electrons. The summed E-state index contributed by atoms with van der Waals surface area (Å²) in [5, 5.41) is 11.5. The molecule has 2 fully saturated rings. The number of hydrazone groups is 1. The van der Waals surface area contributed by atoms with Crippen LogP contribution in [0.15, 0.2) is 29.4 Å². The Hall–Kier alpha value is -3.30. The molecule has 126 valence electrons. The van der Waals surface area contributed by atoms with Crippen LogP contribution >= 0.6 is 0 Å². The van der Waals surface area contributed by atoms with E-state index in [1.54, 1.807) is 31.4 Å². The van der Waals surface area contributed by atoms with Crippen molar-refractivity contribution in [1.29, 1.82) is 0 Å². The minimum absolute atomic E-state index is 0.227. The Morgan fingerprint density at radius 3 is 2.75 bits per heavy atom. The van der Waals surface area contributed by atoms with Crippen molar-refractivity contribution in [1.82, 2.24) is 26.3 Å². The summed E-state index contributed by atoms with van der Waals surface area (Å²) >= 11 is 0. The molecule has 0 bridgehead atoms. The summed E-state index contributed by atoms with van der Waals surface area (Å²) in [4.78, 5) is 36.1. The number of hydrogen-bond acceptors (Lipinski definition) is 5. The molecule has 1 aromatic rings. The number of rotatable bonds is 5. The lowest BCUT2D eigenvalue weighted by Gasteiger charge is -2.19. The van der Waals surface area contributed by atoms with Crippen LogP contribution < -0.4 is 26.1 Å². The quantitative estimate of drug-likeness (QED) is 0.413. The molecule has 2 heterocycles. The van der Waals surface area contributed by atoms with Gasteiger partial charge in [0.2, 0.25) is 0 Å². The Morgan fingerprint density at radius 2 is 2.04 bits per heavy atom. The van der Waals surface area contributed by atoms with Crippen LogP contribution in [0.1, 0.15) is 5.56 Å². The maximum atomic E-state index is 11.9. The lowest BCUT2D eigenvalue weighted by molar-refractivity contribution is -0.121. The van der Waals surface area contributed by atoms with Crippen LogP contribution in [-0.2, 0) is 4.79 Å². The number of carbonyl (C=O) groups excluding carboxylic acids is 3. The van der Waals surface area contributed by atoms with Crippen molar-refractivity contribution < 1.29 is 19.1 Å². The second-order valence-corrected chi connectivity index (χ2v) is 5.18. The number of hydrogen-bond donors (Lipinski definition) is 4. The van der Waals surface area contributed by atoms with Gasteiger partial charge in [-0.3, -0.25) is 9.69 Å². The van der Waals surface area contributed by atoms with Gasteiger partial charge in [0.15, 0.2) is 0 Å². The third-order valence-electron chi connectivity index (χ3n) is 3.59. The number of methoxy groups -OCH3 is 1. The number of amides is 5. The normalized spacial score (nSPS) is 22.0. The maximum absolute atomic E-state index is 11.9. The molecule has 0 saturated carbocycles. The summed E-state index contributed by atoms with van der Waals surface area (Å²) in [6.45, 7) is -0.227. The van der Waals surface area contributed by atoms with Crippen LogP contribution in [0.2, 0.25) is 0 Å². The lowest BCUT2D eigenvalue weighted by Crippen LogP contribution is -2.47. The third-order valence-corrected chi connectivity index (χ3v) is 3.59. The molecule has 2 aliphatic heterocycles. The molecular weight excluding hydrogens is 316 g/mol. The summed E-state index contributed by atoms with van der Waals surface area (Å²) < 4.78 is 5.05. The van der Waals surface area contributed by atoms with E-state index in [4.69, 9.17) is 4.74 Å². The SMILES string of the molecule is COc1ccc(C=NNC(=O)CN2C(=O)NC3NC(=O)NC32)cc1. The van der Waals surface area contributed by atoms with Crippen LogP contribution in [-0.4, -0.2) is 55.1 Å². The number of nitrogens with zero attached hydrogens (tertiary/aromatic N) is 2. The molecule has 24 heavy (non-hydrogen) atoms. The molecule has 2 atom stereocenters. The molecule has 0 aromatic heterocycles. The first-order chi connectivity index (χ1) is 11.6. The number of ether oxygens (including phenoxy) is 1. The van der Waals surface area contributed by atoms with Crippen molar-refractivity contribution in [2.24, 2.45) is 5.10 Å². The summed E-state index contributed by atoms with van der Waals surface area (Å²) in [5.41, 5.74) is 3.12. The van der Waals surface area contributed by atoms with E-state index in [1.807, 2.05) is 0 Å². The van der Waals surface area contributed by atoms with Gasteiger partial charge in [0, 0.05) is 0 Å². The fourth-order valence-corrected chi connectivity index (χ4v) is 2.42. The average Bonchev–Trinajstić information content (AvgIpc) is 3.05. The molecule has 10 heteroatoms. The van der Waals surface area contributed by atoms with E-state index < -0.39 is 30.3 Å². The molecule has 5 amide bonds. The van der Waals surface area contributed by atoms with Gasteiger partial charge in [-0.05, 0) is 29.8 Å². The van der Waals surface area contributed by atoms with E-state index in [-0.39, 0.29) is 6.54 Å². The highest BCUT2D eigenvalue weighted by atomic mass is 16.5. The molecule has 4 N–H and O–H groups in total. The Kier molecular flexibility index (Phi) is 4.18. The van der Waals surface area contributed by atoms with Crippen LogP contribution in [0.3, 0.4) is 0 Å². The monoisotopic (exact) mass is 332 g/mol. The standard InChI is InChI=1S/C14H16N6O4/c1-24-9-4-2-8(3-5-9)6-15-19-10(21)7-20-12-11(17-14(20)23)16-13(22)18-12/h2-6,11-12H,7H2,1H3,(H,17,23)(H,19,21)(H2,16,18,22). The minimum atomic E-state index is -0.596. The highest BCUT2D eigenvalue weighted by molar-refractivity contribution is 5.89. The first-order valence-electron chi connectivity index (χ1n) is 7.17. The van der Waals surface area contributed by atoms with Gasteiger partial charge in [-0.25, -0.2) is 15.0 Å². The first-order valence-corrected chi connectivity index (χ1v) is 7.17. The van der Waals surface area contributed by atoms with Gasteiger partial charge in [0.1, 0.15) is 24.6 Å². The summed E-state index contributed by atoms with van der Waals surface area (Å²) in [7, 11) is 1.57. The smallest absolute Gasteiger partial charge is 0.321 e. The third kappa shape index (κ3) is 3.21. The van der Waals surface area contributed by atoms with E-state index >= 15 is 0 Å². The summed E-state index contributed by atoms with van der Waals surface area (Å²) in [6.07, 6.45) is 0.338. The van der Waals surface area contributed by atoms with E-state index in [1.165, 1.54) is 11.1 Å². The van der Waals surface area contributed by atoms with Crippen LogP contribution in [0.25, 0.3) is 0 Å². The number of benzene rings is 1. The molecule has 3 rings (SSSR count). The van der Waals surface area contributed by atoms with Crippen molar-refractivity contribution in [2.75, 3.05) is 13.7 Å². The van der Waals surface area contributed by atoms with Gasteiger partial charge in [0.25, 0.3) is 5.91 Å². The molecule has 0 spiro atoms. The molecule has 0 aliphatic carbocycles. The zero-order valence-electron chi connectivity index (χ0n) is 12.8. The van der Waals surface area contributed by atoms with Crippen molar-refractivity contribution in [3.63, 3.8) is 0 Å². The number of nitrogens with one attached hydrogen (secondary N) is 4. The average molecular weight is 332 g/mol. The number of carbonyl (C=O) groups is 3. The minimum Gasteiger partial charge on any atom is -0.497 e. The molecular formula is C14H16N6O4. The maximum Gasteiger partial charge on any atom is 0.321 e. The Labute approximate surface area is 137 Å². The van der Waals surface area contributed by atoms with Crippen LogP contribution in [0, 0.1) is 0 Å². The Morgan fingerprint density at radius 1 is 1.29 bits per heavy atom. The van der Waals surface area contributed by atoms with Crippen molar-refractivity contribution >= 4 is 24.2 Å². The number of fused-ring (bicyclic) bond motifs is 1. The van der Waals surface area contributed by atoms with Gasteiger partial charge in [-0.1, -0.05) is 0 Å². The largest absolute Gasteiger partial charge is 0.497 e. The topological polar surface area (TPSA) is 124 Å². The van der Waals surface area contributed by atoms with Gasteiger partial charge >= 0.3 is 12.1 Å². The van der Waals surface area contributed by atoms with E-state index in [2.05, 4.69) is 26.5 Å². The fourth-order valence-electron chi connectivity index (χ4n) is 2.42. The molecule has 10 nitrogen and oxygen atoms in total. The molecule has 2 unspecified atom stereocenters. The highest BCUT2D eigenvalue weighted by Gasteiger charge is 2.45. The fraction of sp³-hybridized carbons (Fsp3) is 0.286. The highest BCUT2D eigenvalue weighted by Crippen LogP contribution is 2.13. The number of urea groups is 2. The Balaban J connectivity index is 1.52. The second-order valence-electron chi connectivity index (χ2n) is 5.18. The van der Waals surface area contributed by atoms with Crippen LogP contribution in [0.4, 0.5) is 9.59 Å². The van der Waals surface area contributed by atoms with Crippen molar-refractivity contribution in [2.45, 2.75) is 12.3 Å². The van der Waals surface area contributed by atoms with Gasteiger partial charge in [0.05, 0.1) is 13.3 Å². The zero-order valence-corrected chi connectivity index (χ0v) is 12.8. The van der Waals surface area contributed by atoms with Crippen molar-refractivity contribution in [3.05, 3.63) is 29.8 Å². The van der Waals surface area contributed by atoms with Gasteiger partial charge in [-0.2, -0.15) is 5.10 Å². The first kappa shape index (κ1) is 15.6. The lowest BCUT2D eigenvalue weighted by atomic mass is 10.2. The van der Waals surface area contributed by atoms with E-state index in [0.29, 0.717) is 0 Å².